The molecule has 0 amide bonds. The van der Waals surface area contributed by atoms with Crippen molar-refractivity contribution in [3.05, 3.63) is 40.8 Å². The van der Waals surface area contributed by atoms with Crippen molar-refractivity contribution >= 4 is 10.9 Å². The van der Waals surface area contributed by atoms with Crippen LogP contribution >= 0.6 is 0 Å². The normalized spacial score (nSPS) is 15.6. The Morgan fingerprint density at radius 2 is 2.00 bits per heavy atom. The van der Waals surface area contributed by atoms with Crippen molar-refractivity contribution in [1.29, 1.82) is 0 Å². The largest absolute Gasteiger partial charge is 0.316 e. The maximum absolute atomic E-state index is 14.0. The number of pyridine rings is 1. The van der Waals surface area contributed by atoms with Gasteiger partial charge in [-0.05, 0) is 42.1 Å². The molecule has 0 unspecified atom stereocenters. The summed E-state index contributed by atoms with van der Waals surface area (Å²) in [5, 5.41) is 4.35. The Balaban J connectivity index is 2.28. The van der Waals surface area contributed by atoms with E-state index in [2.05, 4.69) is 30.2 Å². The summed E-state index contributed by atoms with van der Waals surface area (Å²) in [5.74, 6) is 0.172. The predicted octanol–water partition coefficient (Wildman–Crippen LogP) is 3.19. The zero-order chi connectivity index (χ0) is 13.4. The van der Waals surface area contributed by atoms with E-state index in [-0.39, 0.29) is 5.82 Å². The molecule has 0 bridgehead atoms. The Hall–Kier alpha value is -1.48. The first-order valence-electron chi connectivity index (χ1n) is 6.98. The molecule has 1 aliphatic heterocycles. The first-order valence-corrected chi connectivity index (χ1v) is 6.98. The van der Waals surface area contributed by atoms with E-state index in [9.17, 15) is 4.39 Å². The van der Waals surface area contributed by atoms with Crippen LogP contribution in [-0.2, 0) is 12.8 Å². The van der Waals surface area contributed by atoms with E-state index in [1.54, 1.807) is 6.07 Å². The molecule has 0 fully saturated rings. The highest BCUT2D eigenvalue weighted by atomic mass is 19.1. The summed E-state index contributed by atoms with van der Waals surface area (Å²) in [6, 6.07) is 5.60. The predicted molar refractivity (Wildman–Crippen MR) is 76.1 cm³/mol. The number of aromatic nitrogens is 1. The number of hydrogen-bond donors (Lipinski definition) is 1. The van der Waals surface area contributed by atoms with Gasteiger partial charge in [-0.25, -0.2) is 9.37 Å². The van der Waals surface area contributed by atoms with Crippen LogP contribution in [0.15, 0.2) is 18.2 Å². The van der Waals surface area contributed by atoms with Crippen LogP contribution in [0.25, 0.3) is 10.9 Å². The number of nitrogens with zero attached hydrogens (tertiary/aromatic N) is 1. The van der Waals surface area contributed by atoms with Crippen molar-refractivity contribution in [3.63, 3.8) is 0 Å². The Labute approximate surface area is 113 Å². The smallest absolute Gasteiger partial charge is 0.149 e. The van der Waals surface area contributed by atoms with Gasteiger partial charge in [0.15, 0.2) is 0 Å². The fourth-order valence-corrected chi connectivity index (χ4v) is 2.82. The summed E-state index contributed by atoms with van der Waals surface area (Å²) in [6.07, 6.45) is 1.86. The van der Waals surface area contributed by atoms with E-state index in [1.165, 1.54) is 11.1 Å². The number of halogens is 1. The Bertz CT molecular complexity index is 620. The maximum Gasteiger partial charge on any atom is 0.149 e. The van der Waals surface area contributed by atoms with Gasteiger partial charge in [0.05, 0.1) is 0 Å². The molecule has 0 aliphatic carbocycles. The highest BCUT2D eigenvalue weighted by Gasteiger charge is 2.15. The molecule has 1 aliphatic rings. The van der Waals surface area contributed by atoms with Crippen molar-refractivity contribution in [3.8, 4) is 0 Å². The van der Waals surface area contributed by atoms with Gasteiger partial charge < -0.3 is 5.32 Å². The molecule has 3 rings (SSSR count). The van der Waals surface area contributed by atoms with E-state index in [0.29, 0.717) is 11.4 Å². The van der Waals surface area contributed by atoms with E-state index in [4.69, 9.17) is 0 Å². The van der Waals surface area contributed by atoms with Gasteiger partial charge in [0.1, 0.15) is 11.3 Å². The minimum atomic E-state index is -0.209. The molecule has 2 aromatic rings. The second-order valence-corrected chi connectivity index (χ2v) is 5.53. The van der Waals surface area contributed by atoms with Crippen molar-refractivity contribution < 1.29 is 4.39 Å². The van der Waals surface area contributed by atoms with Gasteiger partial charge in [0.25, 0.3) is 0 Å². The van der Waals surface area contributed by atoms with Crippen molar-refractivity contribution in [2.75, 3.05) is 13.1 Å². The molecule has 1 N–H and O–H groups in total. The van der Waals surface area contributed by atoms with Gasteiger partial charge in [0.2, 0.25) is 0 Å². The summed E-state index contributed by atoms with van der Waals surface area (Å²) in [6.45, 7) is 6.18. The quantitative estimate of drug-likeness (QED) is 0.849. The summed E-state index contributed by atoms with van der Waals surface area (Å²) >= 11 is 0. The van der Waals surface area contributed by atoms with Crippen LogP contribution in [0.5, 0.6) is 0 Å². The van der Waals surface area contributed by atoms with Crippen molar-refractivity contribution in [2.45, 2.75) is 32.6 Å². The third kappa shape index (κ3) is 2.23. The van der Waals surface area contributed by atoms with Gasteiger partial charge in [0, 0.05) is 24.0 Å². The van der Waals surface area contributed by atoms with E-state index < -0.39 is 0 Å². The highest BCUT2D eigenvalue weighted by Crippen LogP contribution is 2.28. The zero-order valence-electron chi connectivity index (χ0n) is 11.5. The molecule has 3 heteroatoms. The average Bonchev–Trinajstić information content (AvgIpc) is 2.61. The standard InChI is InChI=1S/C16H19FN2/c1-10(2)12-3-4-14(17)16-13(12)9-11-5-7-18-8-6-15(11)19-16/h3-4,9-10,18H,5-8H2,1-2H3. The summed E-state index contributed by atoms with van der Waals surface area (Å²) < 4.78 is 14.0. The molecular formula is C16H19FN2. The van der Waals surface area contributed by atoms with E-state index in [0.717, 1.165) is 37.0 Å². The van der Waals surface area contributed by atoms with Gasteiger partial charge >= 0.3 is 0 Å². The molecule has 0 atom stereocenters. The van der Waals surface area contributed by atoms with Crippen LogP contribution < -0.4 is 5.32 Å². The fraction of sp³-hybridized carbons (Fsp3) is 0.438. The molecular weight excluding hydrogens is 239 g/mol. The van der Waals surface area contributed by atoms with Gasteiger partial charge in [-0.1, -0.05) is 19.9 Å². The van der Waals surface area contributed by atoms with Gasteiger partial charge in [-0.2, -0.15) is 0 Å². The van der Waals surface area contributed by atoms with E-state index >= 15 is 0 Å². The SMILES string of the molecule is CC(C)c1ccc(F)c2nc3c(cc12)CCNCC3. The molecule has 1 aromatic heterocycles. The van der Waals surface area contributed by atoms with Crippen LogP contribution in [0.1, 0.15) is 36.6 Å². The summed E-state index contributed by atoms with van der Waals surface area (Å²) in [5.41, 5.74) is 4.04. The zero-order valence-corrected chi connectivity index (χ0v) is 11.5. The lowest BCUT2D eigenvalue weighted by atomic mass is 9.95. The third-order valence-electron chi connectivity index (χ3n) is 3.87. The van der Waals surface area contributed by atoms with Crippen molar-refractivity contribution in [2.24, 2.45) is 0 Å². The molecule has 19 heavy (non-hydrogen) atoms. The third-order valence-corrected chi connectivity index (χ3v) is 3.87. The molecule has 0 spiro atoms. The van der Waals surface area contributed by atoms with Crippen molar-refractivity contribution in [1.82, 2.24) is 10.3 Å². The Morgan fingerprint density at radius 3 is 2.79 bits per heavy atom. The second-order valence-electron chi connectivity index (χ2n) is 5.53. The Morgan fingerprint density at radius 1 is 1.21 bits per heavy atom. The number of benzene rings is 1. The van der Waals surface area contributed by atoms with Crippen LogP contribution in [0.2, 0.25) is 0 Å². The molecule has 1 aromatic carbocycles. The second kappa shape index (κ2) is 4.89. The summed E-state index contributed by atoms with van der Waals surface area (Å²) in [7, 11) is 0. The minimum absolute atomic E-state index is 0.209. The molecule has 0 saturated heterocycles. The van der Waals surface area contributed by atoms with E-state index in [1.807, 2.05) is 6.07 Å². The topological polar surface area (TPSA) is 24.9 Å². The minimum Gasteiger partial charge on any atom is -0.316 e. The number of fused-ring (bicyclic) bond motifs is 2. The molecule has 2 nitrogen and oxygen atoms in total. The van der Waals surface area contributed by atoms with Crippen LogP contribution in [-0.4, -0.2) is 18.1 Å². The molecule has 100 valence electrons. The van der Waals surface area contributed by atoms with Gasteiger partial charge in [-0.15, -0.1) is 0 Å². The van der Waals surface area contributed by atoms with Crippen LogP contribution in [0, 0.1) is 5.82 Å². The molecule has 2 heterocycles. The summed E-state index contributed by atoms with van der Waals surface area (Å²) in [4.78, 5) is 4.60. The number of nitrogens with one attached hydrogen (secondary N) is 1. The number of rotatable bonds is 1. The fourth-order valence-electron chi connectivity index (χ4n) is 2.82. The average molecular weight is 258 g/mol. The van der Waals surface area contributed by atoms with Crippen LogP contribution in [0.3, 0.4) is 0 Å². The lowest BCUT2D eigenvalue weighted by molar-refractivity contribution is 0.635. The van der Waals surface area contributed by atoms with Crippen LogP contribution in [0.4, 0.5) is 4.39 Å². The Kier molecular flexibility index (Phi) is 3.23. The lowest BCUT2D eigenvalue weighted by Gasteiger charge is -2.13. The first-order chi connectivity index (χ1) is 9.16. The maximum atomic E-state index is 14.0. The molecule has 0 saturated carbocycles. The van der Waals surface area contributed by atoms with Gasteiger partial charge in [-0.3, -0.25) is 0 Å². The highest BCUT2D eigenvalue weighted by molar-refractivity contribution is 5.84. The monoisotopic (exact) mass is 258 g/mol. The first kappa shape index (κ1) is 12.5. The molecule has 0 radical (unpaired) electrons. The number of hydrogen-bond acceptors (Lipinski definition) is 2. The lowest BCUT2D eigenvalue weighted by Crippen LogP contribution is -2.16.